The van der Waals surface area contributed by atoms with E-state index < -0.39 is 25.0 Å². The van der Waals surface area contributed by atoms with Crippen molar-refractivity contribution in [3.63, 3.8) is 0 Å². The molecule has 2 aromatic rings. The Kier molecular flexibility index (Phi) is 5.83. The third-order valence-corrected chi connectivity index (χ3v) is 7.64. The minimum Gasteiger partial charge on any atom is -0.279 e. The maximum absolute atomic E-state index is 12.9. The molecular weight excluding hydrogens is 406 g/mol. The molecule has 1 N–H and O–H groups in total. The Bertz CT molecular complexity index is 1160. The molecule has 2 rings (SSSR count). The number of sulfonamides is 2. The lowest BCUT2D eigenvalue weighted by molar-refractivity contribution is -0.385. The smallest absolute Gasteiger partial charge is 0.270 e. The fraction of sp³-hybridized carbons (Fsp3) is 0.294. The SMILES string of the molecule is Cc1ccc([N+](=O)[O-])cc1S(=O)(=O)Nc1cc(S(=O)(=O)N(C)C)cc(C)c1C. The van der Waals surface area contributed by atoms with Crippen LogP contribution in [0.15, 0.2) is 40.1 Å². The lowest BCUT2D eigenvalue weighted by atomic mass is 10.1. The first-order valence-corrected chi connectivity index (χ1v) is 11.0. The van der Waals surface area contributed by atoms with Gasteiger partial charge < -0.3 is 0 Å². The summed E-state index contributed by atoms with van der Waals surface area (Å²) < 4.78 is 54.0. The summed E-state index contributed by atoms with van der Waals surface area (Å²) in [5.41, 5.74) is 1.18. The van der Waals surface area contributed by atoms with E-state index >= 15 is 0 Å². The molecule has 9 nitrogen and oxygen atoms in total. The Balaban J connectivity index is 2.61. The maximum atomic E-state index is 12.9. The zero-order chi connectivity index (χ0) is 21.4. The topological polar surface area (TPSA) is 127 Å². The number of nitro groups is 1. The molecule has 28 heavy (non-hydrogen) atoms. The number of non-ortho nitro benzene ring substituents is 1. The van der Waals surface area contributed by atoms with Crippen molar-refractivity contribution in [3.05, 3.63) is 57.1 Å². The summed E-state index contributed by atoms with van der Waals surface area (Å²) in [5.74, 6) is 0. The number of benzene rings is 2. The van der Waals surface area contributed by atoms with E-state index in [9.17, 15) is 26.9 Å². The molecule has 0 aliphatic heterocycles. The van der Waals surface area contributed by atoms with Crippen LogP contribution in [0.2, 0.25) is 0 Å². The van der Waals surface area contributed by atoms with Gasteiger partial charge in [0, 0.05) is 26.2 Å². The fourth-order valence-corrected chi connectivity index (χ4v) is 4.88. The van der Waals surface area contributed by atoms with Gasteiger partial charge in [0.05, 0.1) is 20.4 Å². The van der Waals surface area contributed by atoms with Gasteiger partial charge in [-0.1, -0.05) is 6.07 Å². The Morgan fingerprint density at radius 1 is 0.964 bits per heavy atom. The van der Waals surface area contributed by atoms with Crippen molar-refractivity contribution in [1.82, 2.24) is 4.31 Å². The van der Waals surface area contributed by atoms with Gasteiger partial charge in [-0.25, -0.2) is 21.1 Å². The number of aryl methyl sites for hydroxylation is 2. The van der Waals surface area contributed by atoms with E-state index in [0.29, 0.717) is 16.7 Å². The van der Waals surface area contributed by atoms with E-state index in [2.05, 4.69) is 4.72 Å². The van der Waals surface area contributed by atoms with Crippen LogP contribution >= 0.6 is 0 Å². The second-order valence-electron chi connectivity index (χ2n) is 6.51. The minimum atomic E-state index is -4.18. The Morgan fingerprint density at radius 2 is 1.57 bits per heavy atom. The van der Waals surface area contributed by atoms with Crippen molar-refractivity contribution in [2.45, 2.75) is 30.6 Å². The summed E-state index contributed by atoms with van der Waals surface area (Å²) in [5, 5.41) is 11.0. The molecule has 0 aromatic heterocycles. The van der Waals surface area contributed by atoms with Crippen molar-refractivity contribution >= 4 is 31.4 Å². The van der Waals surface area contributed by atoms with Gasteiger partial charge in [-0.15, -0.1) is 0 Å². The molecule has 0 atom stereocenters. The molecule has 0 heterocycles. The predicted octanol–water partition coefficient (Wildman–Crippen LogP) is 2.57. The third-order valence-electron chi connectivity index (χ3n) is 4.34. The van der Waals surface area contributed by atoms with Crippen molar-refractivity contribution in [2.24, 2.45) is 0 Å². The van der Waals surface area contributed by atoms with Gasteiger partial charge in [-0.2, -0.15) is 0 Å². The highest BCUT2D eigenvalue weighted by molar-refractivity contribution is 7.92. The van der Waals surface area contributed by atoms with Crippen molar-refractivity contribution in [2.75, 3.05) is 18.8 Å². The molecule has 0 aliphatic rings. The summed E-state index contributed by atoms with van der Waals surface area (Å²) >= 11 is 0. The summed E-state index contributed by atoms with van der Waals surface area (Å²) in [6.07, 6.45) is 0. The van der Waals surface area contributed by atoms with Gasteiger partial charge in [0.2, 0.25) is 10.0 Å². The predicted molar refractivity (Wildman–Crippen MR) is 105 cm³/mol. The third kappa shape index (κ3) is 4.16. The first-order chi connectivity index (χ1) is 12.8. The summed E-state index contributed by atoms with van der Waals surface area (Å²) in [6, 6.07) is 6.23. The molecular formula is C17H21N3O6S2. The fourth-order valence-electron chi connectivity index (χ4n) is 2.48. The van der Waals surface area contributed by atoms with Gasteiger partial charge >= 0.3 is 0 Å². The second kappa shape index (κ2) is 7.49. The monoisotopic (exact) mass is 427 g/mol. The standard InChI is InChI=1S/C17H21N3O6S2/c1-11-6-7-14(20(21)22)9-17(11)27(23,24)18-16-10-15(8-12(2)13(16)3)28(25,26)19(4)5/h6-10,18H,1-5H3. The van der Waals surface area contributed by atoms with Gasteiger partial charge in [0.15, 0.2) is 0 Å². The molecule has 11 heteroatoms. The van der Waals surface area contributed by atoms with Crippen LogP contribution in [0.1, 0.15) is 16.7 Å². The average molecular weight is 428 g/mol. The second-order valence-corrected chi connectivity index (χ2v) is 10.3. The number of hydrogen-bond acceptors (Lipinski definition) is 6. The number of nitro benzene ring substituents is 1. The van der Waals surface area contributed by atoms with Gasteiger partial charge in [-0.05, 0) is 49.6 Å². The molecule has 0 amide bonds. The molecule has 0 radical (unpaired) electrons. The molecule has 0 saturated carbocycles. The maximum Gasteiger partial charge on any atom is 0.270 e. The van der Waals surface area contributed by atoms with Crippen molar-refractivity contribution in [3.8, 4) is 0 Å². The Labute approximate surface area is 164 Å². The molecule has 0 saturated heterocycles. The minimum absolute atomic E-state index is 0.0611. The van der Waals surface area contributed by atoms with Crippen LogP contribution in [0.25, 0.3) is 0 Å². The van der Waals surface area contributed by atoms with Crippen molar-refractivity contribution < 1.29 is 21.8 Å². The van der Waals surface area contributed by atoms with E-state index in [1.807, 2.05) is 0 Å². The zero-order valence-corrected chi connectivity index (χ0v) is 17.7. The average Bonchev–Trinajstić information content (AvgIpc) is 2.58. The van der Waals surface area contributed by atoms with Crippen LogP contribution in [0.4, 0.5) is 11.4 Å². The van der Waals surface area contributed by atoms with E-state index in [0.717, 1.165) is 10.4 Å². The van der Waals surface area contributed by atoms with Crippen LogP contribution in [-0.2, 0) is 20.0 Å². The molecule has 0 bridgehead atoms. The summed E-state index contributed by atoms with van der Waals surface area (Å²) in [6.45, 7) is 4.84. The molecule has 0 fully saturated rings. The van der Waals surface area contributed by atoms with Crippen LogP contribution < -0.4 is 4.72 Å². The summed E-state index contributed by atoms with van der Waals surface area (Å²) in [4.78, 5) is 9.99. The van der Waals surface area contributed by atoms with E-state index in [1.54, 1.807) is 13.8 Å². The number of rotatable bonds is 6. The molecule has 0 unspecified atom stereocenters. The quantitative estimate of drug-likeness (QED) is 0.558. The van der Waals surface area contributed by atoms with Crippen LogP contribution in [0, 0.1) is 30.9 Å². The van der Waals surface area contributed by atoms with E-state index in [-0.39, 0.29) is 21.2 Å². The lowest BCUT2D eigenvalue weighted by Gasteiger charge is -2.17. The molecule has 2 aromatic carbocycles. The van der Waals surface area contributed by atoms with Crippen LogP contribution in [0.5, 0.6) is 0 Å². The van der Waals surface area contributed by atoms with Crippen LogP contribution in [-0.4, -0.2) is 40.2 Å². The highest BCUT2D eigenvalue weighted by Crippen LogP contribution is 2.29. The molecule has 0 spiro atoms. The number of hydrogen-bond donors (Lipinski definition) is 1. The normalized spacial score (nSPS) is 12.2. The first kappa shape index (κ1) is 21.8. The van der Waals surface area contributed by atoms with Crippen molar-refractivity contribution in [1.29, 1.82) is 0 Å². The van der Waals surface area contributed by atoms with Gasteiger partial charge in [0.1, 0.15) is 0 Å². The zero-order valence-electron chi connectivity index (χ0n) is 16.0. The lowest BCUT2D eigenvalue weighted by Crippen LogP contribution is -2.23. The van der Waals surface area contributed by atoms with Crippen LogP contribution in [0.3, 0.4) is 0 Å². The van der Waals surface area contributed by atoms with Gasteiger partial charge in [0.25, 0.3) is 15.7 Å². The molecule has 152 valence electrons. The van der Waals surface area contributed by atoms with E-state index in [4.69, 9.17) is 0 Å². The Morgan fingerprint density at radius 3 is 2.11 bits per heavy atom. The highest BCUT2D eigenvalue weighted by atomic mass is 32.2. The summed E-state index contributed by atoms with van der Waals surface area (Å²) in [7, 11) is -5.21. The van der Waals surface area contributed by atoms with E-state index in [1.165, 1.54) is 45.3 Å². The first-order valence-electron chi connectivity index (χ1n) is 8.09. The Hall–Kier alpha value is -2.50. The number of nitrogens with zero attached hydrogens (tertiary/aromatic N) is 2. The molecule has 0 aliphatic carbocycles. The number of nitrogens with one attached hydrogen (secondary N) is 1. The number of anilines is 1. The largest absolute Gasteiger partial charge is 0.279 e. The van der Waals surface area contributed by atoms with Gasteiger partial charge in [-0.3, -0.25) is 14.8 Å². The highest BCUT2D eigenvalue weighted by Gasteiger charge is 2.24.